The van der Waals surface area contributed by atoms with Crippen molar-refractivity contribution in [1.29, 1.82) is 0 Å². The van der Waals surface area contributed by atoms with Crippen molar-refractivity contribution in [2.45, 2.75) is 13.8 Å². The molecule has 176 valence electrons. The summed E-state index contributed by atoms with van der Waals surface area (Å²) >= 11 is 0. The van der Waals surface area contributed by atoms with Gasteiger partial charge in [-0.1, -0.05) is 36.4 Å². The Morgan fingerprint density at radius 3 is 2.18 bits per heavy atom. The van der Waals surface area contributed by atoms with Crippen molar-refractivity contribution in [2.24, 2.45) is 0 Å². The molecule has 9 nitrogen and oxygen atoms in total. The van der Waals surface area contributed by atoms with E-state index < -0.39 is 7.60 Å². The van der Waals surface area contributed by atoms with Gasteiger partial charge in [0.2, 0.25) is 5.91 Å². The van der Waals surface area contributed by atoms with Crippen LogP contribution in [0.4, 0.5) is 5.69 Å². The zero-order valence-electron chi connectivity index (χ0n) is 18.7. The highest BCUT2D eigenvalue weighted by molar-refractivity contribution is 7.53. The molecule has 33 heavy (non-hydrogen) atoms. The van der Waals surface area contributed by atoms with Crippen LogP contribution in [-0.2, 0) is 18.4 Å². The molecule has 2 aromatic rings. The zero-order chi connectivity index (χ0) is 23.8. The molecule has 3 N–H and O–H groups in total. The summed E-state index contributed by atoms with van der Waals surface area (Å²) in [6, 6.07) is 11.9. The Labute approximate surface area is 192 Å². The van der Waals surface area contributed by atoms with E-state index >= 15 is 0 Å². The first-order chi connectivity index (χ1) is 15.9. The highest BCUT2D eigenvalue weighted by Gasteiger charge is 2.31. The minimum atomic E-state index is -3.34. The monoisotopic (exact) mass is 473 g/mol. The Hall–Kier alpha value is -2.84. The predicted octanol–water partition coefficient (Wildman–Crippen LogP) is 2.80. The van der Waals surface area contributed by atoms with Crippen LogP contribution in [0.2, 0.25) is 0 Å². The Balaban J connectivity index is 1.50. The number of hydrogen-bond donors (Lipinski definition) is 3. The third-order valence-electron chi connectivity index (χ3n) is 4.98. The minimum absolute atomic E-state index is 0.0115. The molecule has 0 atom stereocenters. The Kier molecular flexibility index (Phi) is 8.52. The second-order valence-electron chi connectivity index (χ2n) is 7.24. The molecule has 0 aromatic heterocycles. The standard InChI is InChI=1S/C23H28N3O6P/c1-3-31-33(30,32-4-2)15-26-20(27)14-24-12-13-25-19-11-7-10-18-21(19)23(29)17-9-6-5-8-16(17)22(18)28/h5-11,24-25H,3-4,12-15H2,1-2H3,(H,26,27). The second-order valence-corrected chi connectivity index (χ2v) is 9.29. The first kappa shape index (κ1) is 24.8. The van der Waals surface area contributed by atoms with Gasteiger partial charge in [-0.2, -0.15) is 0 Å². The number of amides is 1. The molecule has 0 saturated carbocycles. The molecule has 0 radical (unpaired) electrons. The number of rotatable bonds is 12. The van der Waals surface area contributed by atoms with Gasteiger partial charge in [0.15, 0.2) is 11.6 Å². The number of carbonyl (C=O) groups is 3. The molecule has 0 saturated heterocycles. The predicted molar refractivity (Wildman–Crippen MR) is 125 cm³/mol. The molecular formula is C23H28N3O6P. The Morgan fingerprint density at radius 1 is 0.879 bits per heavy atom. The largest absolute Gasteiger partial charge is 0.383 e. The van der Waals surface area contributed by atoms with Gasteiger partial charge in [0.25, 0.3) is 0 Å². The maximum Gasteiger partial charge on any atom is 0.349 e. The zero-order valence-corrected chi connectivity index (χ0v) is 19.6. The molecule has 3 rings (SSSR count). The number of fused-ring (bicyclic) bond motifs is 2. The molecule has 1 aliphatic rings. The molecule has 0 aliphatic heterocycles. The molecule has 0 heterocycles. The molecule has 1 amide bonds. The van der Waals surface area contributed by atoms with Crippen molar-refractivity contribution in [3.05, 3.63) is 64.7 Å². The molecule has 1 aliphatic carbocycles. The van der Waals surface area contributed by atoms with E-state index in [1.54, 1.807) is 56.3 Å². The van der Waals surface area contributed by atoms with E-state index in [-0.39, 0.29) is 43.5 Å². The molecule has 10 heteroatoms. The molecule has 0 unspecified atom stereocenters. The summed E-state index contributed by atoms with van der Waals surface area (Å²) in [4.78, 5) is 37.8. The summed E-state index contributed by atoms with van der Waals surface area (Å²) in [5.74, 6) is -0.706. The summed E-state index contributed by atoms with van der Waals surface area (Å²) in [7, 11) is -3.34. The first-order valence-corrected chi connectivity index (χ1v) is 12.5. The maximum atomic E-state index is 13.0. The van der Waals surface area contributed by atoms with Gasteiger partial charge < -0.3 is 25.0 Å². The van der Waals surface area contributed by atoms with Crippen LogP contribution in [0.1, 0.15) is 45.7 Å². The van der Waals surface area contributed by atoms with Crippen LogP contribution in [0.3, 0.4) is 0 Å². The maximum absolute atomic E-state index is 13.0. The quantitative estimate of drug-likeness (QED) is 0.271. The lowest BCUT2D eigenvalue weighted by Crippen LogP contribution is -2.36. The van der Waals surface area contributed by atoms with Gasteiger partial charge in [-0.05, 0) is 19.9 Å². The topological polar surface area (TPSA) is 123 Å². The fraction of sp³-hybridized carbons (Fsp3) is 0.348. The summed E-state index contributed by atoms with van der Waals surface area (Å²) in [6.07, 6.45) is -0.193. The third-order valence-corrected chi connectivity index (χ3v) is 6.83. The van der Waals surface area contributed by atoms with Gasteiger partial charge in [0.1, 0.15) is 6.29 Å². The number of nitrogens with one attached hydrogen (secondary N) is 3. The van der Waals surface area contributed by atoms with E-state index in [1.807, 2.05) is 0 Å². The van der Waals surface area contributed by atoms with Crippen molar-refractivity contribution in [1.82, 2.24) is 10.6 Å². The lowest BCUT2D eigenvalue weighted by Gasteiger charge is -2.20. The van der Waals surface area contributed by atoms with Crippen LogP contribution in [0, 0.1) is 0 Å². The van der Waals surface area contributed by atoms with Gasteiger partial charge >= 0.3 is 7.60 Å². The van der Waals surface area contributed by atoms with E-state index in [0.29, 0.717) is 41.0 Å². The van der Waals surface area contributed by atoms with Crippen molar-refractivity contribution in [3.63, 3.8) is 0 Å². The lowest BCUT2D eigenvalue weighted by atomic mass is 9.83. The number of benzene rings is 2. The minimum Gasteiger partial charge on any atom is -0.383 e. The SMILES string of the molecule is CCOP(=O)(CNC(=O)CNCCNc1cccc2c1C(=O)c1ccccc1C2=O)OCC. The average Bonchev–Trinajstić information content (AvgIpc) is 2.81. The van der Waals surface area contributed by atoms with E-state index in [0.717, 1.165) is 0 Å². The van der Waals surface area contributed by atoms with Crippen LogP contribution in [-0.4, -0.2) is 56.6 Å². The van der Waals surface area contributed by atoms with Crippen LogP contribution >= 0.6 is 7.60 Å². The highest BCUT2D eigenvalue weighted by atomic mass is 31.2. The van der Waals surface area contributed by atoms with Crippen molar-refractivity contribution in [2.75, 3.05) is 44.5 Å². The van der Waals surface area contributed by atoms with Crippen LogP contribution < -0.4 is 16.0 Å². The summed E-state index contributed by atoms with van der Waals surface area (Å²) in [6.45, 7) is 4.70. The van der Waals surface area contributed by atoms with Crippen molar-refractivity contribution >= 4 is 30.8 Å². The van der Waals surface area contributed by atoms with E-state index in [9.17, 15) is 18.9 Å². The third kappa shape index (κ3) is 5.94. The fourth-order valence-corrected chi connectivity index (χ4v) is 4.96. The normalized spacial score (nSPS) is 12.8. The molecule has 2 aromatic carbocycles. The summed E-state index contributed by atoms with van der Waals surface area (Å²) in [5, 5.41) is 8.69. The van der Waals surface area contributed by atoms with E-state index in [1.165, 1.54) is 0 Å². The summed E-state index contributed by atoms with van der Waals surface area (Å²) in [5.41, 5.74) is 2.13. The number of carbonyl (C=O) groups excluding carboxylic acids is 3. The van der Waals surface area contributed by atoms with Gasteiger partial charge in [0, 0.05) is 35.5 Å². The van der Waals surface area contributed by atoms with Crippen LogP contribution in [0.5, 0.6) is 0 Å². The fourth-order valence-electron chi connectivity index (χ4n) is 3.55. The smallest absolute Gasteiger partial charge is 0.349 e. The molecular weight excluding hydrogens is 445 g/mol. The molecule has 0 bridgehead atoms. The summed E-state index contributed by atoms with van der Waals surface area (Å²) < 4.78 is 22.6. The van der Waals surface area contributed by atoms with Gasteiger partial charge in [-0.25, -0.2) is 0 Å². The Bertz CT molecular complexity index is 1080. The highest BCUT2D eigenvalue weighted by Crippen LogP contribution is 2.46. The molecule has 0 fully saturated rings. The van der Waals surface area contributed by atoms with Crippen molar-refractivity contribution in [3.8, 4) is 0 Å². The van der Waals surface area contributed by atoms with Crippen LogP contribution in [0.25, 0.3) is 0 Å². The second kappa shape index (κ2) is 11.3. The van der Waals surface area contributed by atoms with Gasteiger partial charge in [-0.15, -0.1) is 0 Å². The van der Waals surface area contributed by atoms with Crippen molar-refractivity contribution < 1.29 is 28.0 Å². The van der Waals surface area contributed by atoms with Gasteiger partial charge in [0.05, 0.1) is 25.3 Å². The number of hydrogen-bond acceptors (Lipinski definition) is 8. The first-order valence-electron chi connectivity index (χ1n) is 10.8. The number of ketones is 2. The Morgan fingerprint density at radius 2 is 1.52 bits per heavy atom. The van der Waals surface area contributed by atoms with E-state index in [2.05, 4.69) is 16.0 Å². The average molecular weight is 473 g/mol. The van der Waals surface area contributed by atoms with Gasteiger partial charge in [-0.3, -0.25) is 18.9 Å². The van der Waals surface area contributed by atoms with E-state index in [4.69, 9.17) is 9.05 Å². The number of anilines is 1. The lowest BCUT2D eigenvalue weighted by molar-refractivity contribution is -0.120. The van der Waals surface area contributed by atoms with Crippen LogP contribution in [0.15, 0.2) is 42.5 Å². The molecule has 0 spiro atoms.